The molecule has 17 heavy (non-hydrogen) atoms. The van der Waals surface area contributed by atoms with E-state index in [1.54, 1.807) is 0 Å². The maximum Gasteiger partial charge on any atom is 0.371 e. The highest BCUT2D eigenvalue weighted by atomic mass is 35.5. The van der Waals surface area contributed by atoms with E-state index >= 15 is 0 Å². The summed E-state index contributed by atoms with van der Waals surface area (Å²) in [6, 6.07) is 3.95. The van der Waals surface area contributed by atoms with Gasteiger partial charge in [0.15, 0.2) is 5.76 Å². The van der Waals surface area contributed by atoms with Crippen molar-refractivity contribution in [3.63, 3.8) is 0 Å². The SMILES string of the molecule is O=C(O)c1ccc(C(=O)c2ccncc2Cl)o1. The minimum Gasteiger partial charge on any atom is -0.475 e. The molecule has 0 fully saturated rings. The van der Waals surface area contributed by atoms with E-state index in [2.05, 4.69) is 4.98 Å². The Morgan fingerprint density at radius 3 is 2.53 bits per heavy atom. The fraction of sp³-hybridized carbons (Fsp3) is 0. The van der Waals surface area contributed by atoms with Gasteiger partial charge < -0.3 is 9.52 Å². The molecule has 0 aliphatic carbocycles. The number of pyridine rings is 1. The Balaban J connectivity index is 2.37. The molecule has 0 amide bonds. The summed E-state index contributed by atoms with van der Waals surface area (Å²) in [4.78, 5) is 26.2. The van der Waals surface area contributed by atoms with E-state index < -0.39 is 11.8 Å². The number of rotatable bonds is 3. The predicted octanol–water partition coefficient (Wildman–Crippen LogP) is 2.26. The van der Waals surface area contributed by atoms with Crippen molar-refractivity contribution in [2.75, 3.05) is 0 Å². The third-order valence-corrected chi connectivity index (χ3v) is 2.36. The largest absolute Gasteiger partial charge is 0.475 e. The number of aromatic carboxylic acids is 1. The van der Waals surface area contributed by atoms with Crippen LogP contribution in [0.2, 0.25) is 5.02 Å². The van der Waals surface area contributed by atoms with Gasteiger partial charge >= 0.3 is 5.97 Å². The van der Waals surface area contributed by atoms with Crippen LogP contribution in [0, 0.1) is 0 Å². The van der Waals surface area contributed by atoms with E-state index in [0.29, 0.717) is 0 Å². The summed E-state index contributed by atoms with van der Waals surface area (Å²) in [5.74, 6) is -2.08. The Hall–Kier alpha value is -2.14. The van der Waals surface area contributed by atoms with Crippen LogP contribution in [0.3, 0.4) is 0 Å². The van der Waals surface area contributed by atoms with Crippen LogP contribution in [0.4, 0.5) is 0 Å². The average Bonchev–Trinajstić information content (AvgIpc) is 2.78. The van der Waals surface area contributed by atoms with E-state index in [1.807, 2.05) is 0 Å². The normalized spacial score (nSPS) is 10.2. The molecule has 0 aromatic carbocycles. The third kappa shape index (κ3) is 2.19. The van der Waals surface area contributed by atoms with Crippen LogP contribution in [0.5, 0.6) is 0 Å². The first-order chi connectivity index (χ1) is 8.09. The molecular weight excluding hydrogens is 246 g/mol. The standard InChI is InChI=1S/C11H6ClNO4/c12-7-5-13-4-3-6(7)10(14)8-1-2-9(17-8)11(15)16/h1-5H,(H,15,16). The van der Waals surface area contributed by atoms with Crippen molar-refractivity contribution in [1.82, 2.24) is 4.98 Å². The first-order valence-corrected chi connectivity index (χ1v) is 4.94. The molecule has 0 saturated heterocycles. The van der Waals surface area contributed by atoms with Gasteiger partial charge in [-0.15, -0.1) is 0 Å². The smallest absolute Gasteiger partial charge is 0.371 e. The first-order valence-electron chi connectivity index (χ1n) is 4.57. The fourth-order valence-corrected chi connectivity index (χ4v) is 1.47. The molecule has 5 nitrogen and oxygen atoms in total. The molecule has 0 aliphatic heterocycles. The predicted molar refractivity (Wildman–Crippen MR) is 58.3 cm³/mol. The van der Waals surface area contributed by atoms with Crippen LogP contribution < -0.4 is 0 Å². The summed E-state index contributed by atoms with van der Waals surface area (Å²) in [6.45, 7) is 0. The number of halogens is 1. The molecule has 2 rings (SSSR count). The van der Waals surface area contributed by atoms with E-state index in [-0.39, 0.29) is 22.1 Å². The maximum absolute atomic E-state index is 11.9. The van der Waals surface area contributed by atoms with Gasteiger partial charge in [-0.05, 0) is 18.2 Å². The number of carbonyl (C=O) groups is 2. The van der Waals surface area contributed by atoms with E-state index in [1.165, 1.54) is 30.6 Å². The Labute approximate surface area is 101 Å². The van der Waals surface area contributed by atoms with Crippen LogP contribution in [-0.2, 0) is 0 Å². The van der Waals surface area contributed by atoms with Crippen LogP contribution >= 0.6 is 11.6 Å². The lowest BCUT2D eigenvalue weighted by molar-refractivity contribution is 0.0660. The molecule has 1 N–H and O–H groups in total. The van der Waals surface area contributed by atoms with Gasteiger partial charge in [-0.2, -0.15) is 0 Å². The zero-order valence-corrected chi connectivity index (χ0v) is 9.14. The van der Waals surface area contributed by atoms with Crippen molar-refractivity contribution in [3.8, 4) is 0 Å². The second-order valence-electron chi connectivity index (χ2n) is 3.15. The Kier molecular flexibility index (Phi) is 2.93. The van der Waals surface area contributed by atoms with Crippen molar-refractivity contribution < 1.29 is 19.1 Å². The molecule has 2 aromatic heterocycles. The molecule has 0 saturated carbocycles. The molecule has 2 aromatic rings. The van der Waals surface area contributed by atoms with E-state index in [4.69, 9.17) is 21.1 Å². The minimum atomic E-state index is -1.23. The van der Waals surface area contributed by atoms with Gasteiger partial charge in [0.2, 0.25) is 11.5 Å². The zero-order chi connectivity index (χ0) is 12.4. The number of aromatic nitrogens is 1. The van der Waals surface area contributed by atoms with Gasteiger partial charge in [0, 0.05) is 18.0 Å². The number of hydrogen-bond donors (Lipinski definition) is 1. The number of carboxylic acids is 1. The molecule has 0 spiro atoms. The number of furan rings is 1. The minimum absolute atomic E-state index is 0.0736. The molecule has 0 unspecified atom stereocenters. The lowest BCUT2D eigenvalue weighted by atomic mass is 10.1. The van der Waals surface area contributed by atoms with Crippen molar-refractivity contribution in [1.29, 1.82) is 0 Å². The second kappa shape index (κ2) is 4.39. The summed E-state index contributed by atoms with van der Waals surface area (Å²) in [7, 11) is 0. The zero-order valence-electron chi connectivity index (χ0n) is 8.38. The lowest BCUT2D eigenvalue weighted by Gasteiger charge is -1.99. The van der Waals surface area contributed by atoms with E-state index in [9.17, 15) is 9.59 Å². The molecule has 0 radical (unpaired) electrons. The topological polar surface area (TPSA) is 80.4 Å². The first kappa shape index (κ1) is 11.3. The van der Waals surface area contributed by atoms with Crippen LogP contribution in [0.25, 0.3) is 0 Å². The average molecular weight is 252 g/mol. The molecular formula is C11H6ClNO4. The van der Waals surface area contributed by atoms with Crippen LogP contribution in [-0.4, -0.2) is 21.8 Å². The number of ketones is 1. The van der Waals surface area contributed by atoms with Gasteiger partial charge in [0.1, 0.15) is 0 Å². The molecule has 0 aliphatic rings. The highest BCUT2D eigenvalue weighted by molar-refractivity contribution is 6.34. The van der Waals surface area contributed by atoms with Crippen molar-refractivity contribution in [3.05, 3.63) is 52.7 Å². The quantitative estimate of drug-likeness (QED) is 0.846. The molecule has 0 atom stereocenters. The van der Waals surface area contributed by atoms with Crippen LogP contribution in [0.1, 0.15) is 26.7 Å². The summed E-state index contributed by atoms with van der Waals surface area (Å²) in [5, 5.41) is 8.85. The Morgan fingerprint density at radius 1 is 1.24 bits per heavy atom. The van der Waals surface area contributed by atoms with Crippen molar-refractivity contribution in [2.45, 2.75) is 0 Å². The monoisotopic (exact) mass is 251 g/mol. The third-order valence-electron chi connectivity index (χ3n) is 2.06. The maximum atomic E-state index is 11.9. The highest BCUT2D eigenvalue weighted by Crippen LogP contribution is 2.19. The fourth-order valence-electron chi connectivity index (χ4n) is 1.27. The summed E-state index contributed by atoms with van der Waals surface area (Å²) in [5.41, 5.74) is 0.216. The highest BCUT2D eigenvalue weighted by Gasteiger charge is 2.18. The summed E-state index contributed by atoms with van der Waals surface area (Å²) >= 11 is 5.80. The van der Waals surface area contributed by atoms with Gasteiger partial charge in [-0.1, -0.05) is 11.6 Å². The molecule has 6 heteroatoms. The lowest BCUT2D eigenvalue weighted by Crippen LogP contribution is -2.01. The van der Waals surface area contributed by atoms with E-state index in [0.717, 1.165) is 0 Å². The Morgan fingerprint density at radius 2 is 1.94 bits per heavy atom. The van der Waals surface area contributed by atoms with Gasteiger partial charge in [-0.25, -0.2) is 4.79 Å². The number of nitrogens with zero attached hydrogens (tertiary/aromatic N) is 1. The van der Waals surface area contributed by atoms with Gasteiger partial charge in [0.05, 0.1) is 5.02 Å². The van der Waals surface area contributed by atoms with Crippen LogP contribution in [0.15, 0.2) is 35.0 Å². The summed E-state index contributed by atoms with van der Waals surface area (Å²) < 4.78 is 4.89. The van der Waals surface area contributed by atoms with Gasteiger partial charge in [0.25, 0.3) is 0 Å². The van der Waals surface area contributed by atoms with Crippen molar-refractivity contribution >= 4 is 23.4 Å². The summed E-state index contributed by atoms with van der Waals surface area (Å²) in [6.07, 6.45) is 2.75. The molecule has 86 valence electrons. The second-order valence-corrected chi connectivity index (χ2v) is 3.56. The molecule has 0 bridgehead atoms. The number of carboxylic acid groups (broad SMARTS) is 1. The van der Waals surface area contributed by atoms with Crippen molar-refractivity contribution in [2.24, 2.45) is 0 Å². The number of carbonyl (C=O) groups excluding carboxylic acids is 1. The Bertz CT molecular complexity index is 591. The van der Waals surface area contributed by atoms with Gasteiger partial charge in [-0.3, -0.25) is 9.78 Å². The number of hydrogen-bond acceptors (Lipinski definition) is 4. The molecule has 2 heterocycles.